The van der Waals surface area contributed by atoms with Crippen LogP contribution in [0.4, 0.5) is 5.00 Å². The molecule has 0 bridgehead atoms. The molecule has 0 aliphatic carbocycles. The zero-order valence-corrected chi connectivity index (χ0v) is 11.4. The molecule has 0 saturated heterocycles. The second-order valence-electron chi connectivity index (χ2n) is 3.27. The Kier molecular flexibility index (Phi) is 6.70. The summed E-state index contributed by atoms with van der Waals surface area (Å²) in [5.41, 5.74) is 3.57. The molecule has 0 atom stereocenters. The van der Waals surface area contributed by atoms with Gasteiger partial charge >= 0.3 is 0 Å². The fraction of sp³-hybridized carbons (Fsp3) is 0.778. The molecule has 1 aromatic heterocycles. The summed E-state index contributed by atoms with van der Waals surface area (Å²) < 4.78 is 3.86. The lowest BCUT2D eigenvalue weighted by Gasteiger charge is -2.17. The van der Waals surface area contributed by atoms with Gasteiger partial charge in [-0.1, -0.05) is 18.3 Å². The first kappa shape index (κ1) is 13.7. The SMILES string of the molecule is CCN(CC)CCSCc1nnsc1NN. The van der Waals surface area contributed by atoms with Crippen molar-refractivity contribution in [3.8, 4) is 0 Å². The highest BCUT2D eigenvalue weighted by atomic mass is 32.2. The average molecular weight is 261 g/mol. The number of hydrogen-bond donors (Lipinski definition) is 2. The summed E-state index contributed by atoms with van der Waals surface area (Å²) in [6, 6.07) is 0. The van der Waals surface area contributed by atoms with Gasteiger partial charge in [0.2, 0.25) is 0 Å². The maximum absolute atomic E-state index is 5.35. The molecule has 1 rings (SSSR count). The van der Waals surface area contributed by atoms with Gasteiger partial charge in [0.25, 0.3) is 0 Å². The van der Waals surface area contributed by atoms with Crippen molar-refractivity contribution in [2.24, 2.45) is 5.84 Å². The van der Waals surface area contributed by atoms with Gasteiger partial charge in [-0.2, -0.15) is 11.8 Å². The number of nitrogens with zero attached hydrogens (tertiary/aromatic N) is 3. The Morgan fingerprint density at radius 3 is 2.81 bits per heavy atom. The first-order chi connectivity index (χ1) is 7.81. The standard InChI is InChI=1S/C9H19N5S2/c1-3-14(4-2)5-6-15-7-8-9(11-10)16-13-12-8/h11H,3-7,10H2,1-2H3. The fourth-order valence-corrected chi connectivity index (χ4v) is 2.83. The molecular formula is C9H19N5S2. The lowest BCUT2D eigenvalue weighted by Crippen LogP contribution is -2.25. The topological polar surface area (TPSA) is 67.1 Å². The maximum atomic E-state index is 5.35. The predicted molar refractivity (Wildman–Crippen MR) is 71.7 cm³/mol. The summed E-state index contributed by atoms with van der Waals surface area (Å²) in [6.07, 6.45) is 0. The van der Waals surface area contributed by atoms with Crippen LogP contribution in [0.2, 0.25) is 0 Å². The minimum absolute atomic E-state index is 0.871. The van der Waals surface area contributed by atoms with E-state index in [2.05, 4.69) is 33.8 Å². The van der Waals surface area contributed by atoms with E-state index in [1.54, 1.807) is 0 Å². The second-order valence-corrected chi connectivity index (χ2v) is 5.13. The van der Waals surface area contributed by atoms with Crippen LogP contribution in [0.3, 0.4) is 0 Å². The van der Waals surface area contributed by atoms with Gasteiger partial charge in [-0.25, -0.2) is 5.84 Å². The van der Waals surface area contributed by atoms with E-state index in [4.69, 9.17) is 5.84 Å². The summed E-state index contributed by atoms with van der Waals surface area (Å²) in [5, 5.41) is 4.91. The van der Waals surface area contributed by atoms with E-state index in [1.165, 1.54) is 11.5 Å². The zero-order valence-electron chi connectivity index (χ0n) is 9.77. The van der Waals surface area contributed by atoms with E-state index in [9.17, 15) is 0 Å². The number of thioether (sulfide) groups is 1. The molecule has 0 unspecified atom stereocenters. The van der Waals surface area contributed by atoms with Crippen LogP contribution in [0, 0.1) is 0 Å². The highest BCUT2D eigenvalue weighted by Gasteiger charge is 2.06. The molecule has 1 heterocycles. The third-order valence-corrected chi connectivity index (χ3v) is 4.02. The number of aromatic nitrogens is 2. The van der Waals surface area contributed by atoms with Crippen LogP contribution in [-0.2, 0) is 5.75 Å². The van der Waals surface area contributed by atoms with Crippen molar-refractivity contribution in [3.05, 3.63) is 5.69 Å². The first-order valence-electron chi connectivity index (χ1n) is 5.39. The first-order valence-corrected chi connectivity index (χ1v) is 7.32. The van der Waals surface area contributed by atoms with Gasteiger partial charge in [-0.3, -0.25) is 0 Å². The number of hydrazine groups is 1. The summed E-state index contributed by atoms with van der Waals surface area (Å²) in [6.45, 7) is 7.74. The summed E-state index contributed by atoms with van der Waals surface area (Å²) >= 11 is 3.17. The van der Waals surface area contributed by atoms with Crippen molar-refractivity contribution in [1.29, 1.82) is 0 Å². The Morgan fingerprint density at radius 2 is 2.19 bits per heavy atom. The molecular weight excluding hydrogens is 242 g/mol. The lowest BCUT2D eigenvalue weighted by atomic mass is 10.5. The Bertz CT molecular complexity index is 287. The van der Waals surface area contributed by atoms with Crippen LogP contribution in [0.15, 0.2) is 0 Å². The van der Waals surface area contributed by atoms with E-state index in [0.29, 0.717) is 0 Å². The molecule has 92 valence electrons. The van der Waals surface area contributed by atoms with Gasteiger partial charge in [0.05, 0.1) is 0 Å². The van der Waals surface area contributed by atoms with Crippen LogP contribution in [0.1, 0.15) is 19.5 Å². The minimum atomic E-state index is 0.871. The monoisotopic (exact) mass is 261 g/mol. The van der Waals surface area contributed by atoms with Gasteiger partial charge in [-0.05, 0) is 13.1 Å². The van der Waals surface area contributed by atoms with Gasteiger partial charge in [0.1, 0.15) is 10.7 Å². The Hall–Kier alpha value is -0.370. The quantitative estimate of drug-likeness (QED) is 0.419. The summed E-state index contributed by atoms with van der Waals surface area (Å²) in [7, 11) is 0. The third kappa shape index (κ3) is 4.25. The molecule has 0 aromatic carbocycles. The van der Waals surface area contributed by atoms with E-state index in [1.807, 2.05) is 11.8 Å². The van der Waals surface area contributed by atoms with E-state index in [-0.39, 0.29) is 0 Å². The molecule has 16 heavy (non-hydrogen) atoms. The van der Waals surface area contributed by atoms with Crippen LogP contribution in [0.25, 0.3) is 0 Å². The van der Waals surface area contributed by atoms with Crippen molar-refractivity contribution in [1.82, 2.24) is 14.5 Å². The molecule has 0 fully saturated rings. The van der Waals surface area contributed by atoms with Gasteiger partial charge in [0.15, 0.2) is 0 Å². The van der Waals surface area contributed by atoms with Crippen LogP contribution >= 0.6 is 23.3 Å². The largest absolute Gasteiger partial charge is 0.313 e. The summed E-state index contributed by atoms with van der Waals surface area (Å²) in [5.74, 6) is 7.34. The highest BCUT2D eigenvalue weighted by Crippen LogP contribution is 2.21. The molecule has 7 heteroatoms. The number of nitrogen functional groups attached to an aromatic ring is 1. The van der Waals surface area contributed by atoms with Crippen LogP contribution < -0.4 is 11.3 Å². The van der Waals surface area contributed by atoms with E-state index >= 15 is 0 Å². The van der Waals surface area contributed by atoms with Gasteiger partial charge in [0, 0.05) is 29.6 Å². The predicted octanol–water partition coefficient (Wildman–Crippen LogP) is 1.40. The minimum Gasteiger partial charge on any atom is -0.313 e. The second kappa shape index (κ2) is 7.83. The smallest absolute Gasteiger partial charge is 0.148 e. The van der Waals surface area contributed by atoms with Crippen LogP contribution in [-0.4, -0.2) is 39.9 Å². The van der Waals surface area contributed by atoms with Crippen molar-refractivity contribution in [3.63, 3.8) is 0 Å². The van der Waals surface area contributed by atoms with E-state index in [0.717, 1.165) is 41.8 Å². The highest BCUT2D eigenvalue weighted by molar-refractivity contribution is 7.98. The Labute approximate surface area is 105 Å². The molecule has 0 aliphatic rings. The summed E-state index contributed by atoms with van der Waals surface area (Å²) in [4.78, 5) is 2.41. The number of nitrogens with two attached hydrogens (primary N) is 1. The molecule has 0 aliphatic heterocycles. The molecule has 1 aromatic rings. The molecule has 0 saturated carbocycles. The van der Waals surface area contributed by atoms with Crippen LogP contribution in [0.5, 0.6) is 0 Å². The molecule has 0 radical (unpaired) electrons. The molecule has 0 spiro atoms. The molecule has 0 amide bonds. The zero-order chi connectivity index (χ0) is 11.8. The van der Waals surface area contributed by atoms with Gasteiger partial charge < -0.3 is 10.3 Å². The van der Waals surface area contributed by atoms with Crippen molar-refractivity contribution >= 4 is 28.3 Å². The Balaban J connectivity index is 2.20. The average Bonchev–Trinajstić information content (AvgIpc) is 2.77. The van der Waals surface area contributed by atoms with Gasteiger partial charge in [-0.15, -0.1) is 5.10 Å². The molecule has 3 N–H and O–H groups in total. The number of anilines is 1. The fourth-order valence-electron chi connectivity index (χ4n) is 1.32. The number of nitrogens with one attached hydrogen (secondary N) is 1. The third-order valence-electron chi connectivity index (χ3n) is 2.37. The van der Waals surface area contributed by atoms with Crippen molar-refractivity contribution in [2.75, 3.05) is 30.8 Å². The Morgan fingerprint density at radius 1 is 1.44 bits per heavy atom. The number of hydrogen-bond acceptors (Lipinski definition) is 7. The van der Waals surface area contributed by atoms with Crippen molar-refractivity contribution in [2.45, 2.75) is 19.6 Å². The van der Waals surface area contributed by atoms with E-state index < -0.39 is 0 Å². The maximum Gasteiger partial charge on any atom is 0.148 e. The normalized spacial score (nSPS) is 11.0. The van der Waals surface area contributed by atoms with Crippen molar-refractivity contribution < 1.29 is 0 Å². The lowest BCUT2D eigenvalue weighted by molar-refractivity contribution is 0.324. The molecule has 5 nitrogen and oxygen atoms in total. The number of rotatable bonds is 8.